The Kier molecular flexibility index (Phi) is 7.15. The van der Waals surface area contributed by atoms with E-state index in [0.29, 0.717) is 29.4 Å². The van der Waals surface area contributed by atoms with Crippen molar-refractivity contribution in [2.75, 3.05) is 14.2 Å². The first-order valence-corrected chi connectivity index (χ1v) is 7.08. The van der Waals surface area contributed by atoms with Crippen molar-refractivity contribution >= 4 is 17.3 Å². The molecule has 0 aliphatic carbocycles. The maximum atomic E-state index is 13.1. The minimum atomic E-state index is -0.459. The van der Waals surface area contributed by atoms with Crippen LogP contribution in [0.3, 0.4) is 0 Å². The van der Waals surface area contributed by atoms with Crippen molar-refractivity contribution in [3.8, 4) is 0 Å². The van der Waals surface area contributed by atoms with E-state index in [-0.39, 0.29) is 5.02 Å². The third-order valence-corrected chi connectivity index (χ3v) is 3.18. The number of rotatable bonds is 8. The maximum Gasteiger partial charge on any atom is 0.141 e. The summed E-state index contributed by atoms with van der Waals surface area (Å²) in [6.07, 6.45) is 1.58. The lowest BCUT2D eigenvalue weighted by Crippen LogP contribution is -2.19. The third kappa shape index (κ3) is 5.67. The largest absolute Gasteiger partial charge is 0.495 e. The van der Waals surface area contributed by atoms with E-state index in [0.717, 1.165) is 5.56 Å². The van der Waals surface area contributed by atoms with Gasteiger partial charge in [-0.2, -0.15) is 5.10 Å². The number of halogens is 2. The number of allylic oxidation sites excluding steroid dienone is 1. The average molecular weight is 339 g/mol. The smallest absolute Gasteiger partial charge is 0.141 e. The first-order chi connectivity index (χ1) is 10.9. The fraction of sp³-hybridized carbons (Fsp3) is 0.188. The summed E-state index contributed by atoms with van der Waals surface area (Å²) in [6, 6.07) is 4.47. The van der Waals surface area contributed by atoms with Crippen LogP contribution in [0.2, 0.25) is 5.02 Å². The molecule has 0 saturated heterocycles. The molecule has 0 atom stereocenters. The highest BCUT2D eigenvalue weighted by molar-refractivity contribution is 6.30. The van der Waals surface area contributed by atoms with Crippen LogP contribution in [-0.2, 0) is 11.3 Å². The summed E-state index contributed by atoms with van der Waals surface area (Å²) in [5.41, 5.74) is 10.7. The predicted octanol–water partition coefficient (Wildman–Crippen LogP) is 2.66. The molecular formula is C16H20ClFN4O. The number of nitrogens with two attached hydrogens (primary N) is 1. The summed E-state index contributed by atoms with van der Waals surface area (Å²) in [7, 11) is 3.14. The number of nitrogens with zero attached hydrogens (tertiary/aromatic N) is 1. The third-order valence-electron chi connectivity index (χ3n) is 2.89. The second kappa shape index (κ2) is 8.85. The Morgan fingerprint density at radius 1 is 1.48 bits per heavy atom. The molecule has 4 N–H and O–H groups in total. The molecule has 7 heteroatoms. The normalized spacial score (nSPS) is 11.8. The Morgan fingerprint density at radius 2 is 2.17 bits per heavy atom. The van der Waals surface area contributed by atoms with E-state index < -0.39 is 5.82 Å². The predicted molar refractivity (Wildman–Crippen MR) is 92.3 cm³/mol. The number of benzene rings is 1. The molecule has 0 heterocycles. The SMILES string of the molecule is C=C(NCc1ccc(F)c(Cl)c1)C(N)=CC(=NNC)C(=C)OC. The minimum Gasteiger partial charge on any atom is -0.495 e. The van der Waals surface area contributed by atoms with Crippen molar-refractivity contribution in [3.05, 3.63) is 71.0 Å². The molecular weight excluding hydrogens is 319 g/mol. The fourth-order valence-corrected chi connectivity index (χ4v) is 1.80. The van der Waals surface area contributed by atoms with Gasteiger partial charge in [-0.05, 0) is 23.8 Å². The molecule has 0 bridgehead atoms. The molecule has 0 aromatic heterocycles. The topological polar surface area (TPSA) is 71.7 Å². The van der Waals surface area contributed by atoms with Crippen LogP contribution in [0.25, 0.3) is 0 Å². The quantitative estimate of drug-likeness (QED) is 0.295. The minimum absolute atomic E-state index is 0.0678. The second-order valence-electron chi connectivity index (χ2n) is 4.53. The molecule has 0 saturated carbocycles. The van der Waals surface area contributed by atoms with Gasteiger partial charge in [0.05, 0.1) is 23.5 Å². The highest BCUT2D eigenvalue weighted by atomic mass is 35.5. The summed E-state index contributed by atoms with van der Waals surface area (Å²) in [4.78, 5) is 0. The highest BCUT2D eigenvalue weighted by Gasteiger charge is 2.06. The zero-order valence-corrected chi connectivity index (χ0v) is 13.9. The number of methoxy groups -OCH3 is 1. The van der Waals surface area contributed by atoms with Gasteiger partial charge in [0.2, 0.25) is 0 Å². The summed E-state index contributed by atoms with van der Waals surface area (Å²) >= 11 is 5.74. The molecule has 124 valence electrons. The van der Waals surface area contributed by atoms with Gasteiger partial charge in [-0.3, -0.25) is 0 Å². The Hall–Kier alpha value is -2.47. The van der Waals surface area contributed by atoms with Gasteiger partial charge in [0, 0.05) is 13.6 Å². The molecule has 1 rings (SSSR count). The fourth-order valence-electron chi connectivity index (χ4n) is 1.59. The zero-order valence-electron chi connectivity index (χ0n) is 13.1. The van der Waals surface area contributed by atoms with Crippen molar-refractivity contribution in [2.24, 2.45) is 10.8 Å². The molecule has 23 heavy (non-hydrogen) atoms. The van der Waals surface area contributed by atoms with Crippen LogP contribution >= 0.6 is 11.6 Å². The lowest BCUT2D eigenvalue weighted by molar-refractivity contribution is 0.317. The van der Waals surface area contributed by atoms with Crippen LogP contribution in [-0.4, -0.2) is 19.9 Å². The molecule has 0 aliphatic rings. The molecule has 0 radical (unpaired) electrons. The molecule has 5 nitrogen and oxygen atoms in total. The van der Waals surface area contributed by atoms with Gasteiger partial charge < -0.3 is 21.2 Å². The van der Waals surface area contributed by atoms with Crippen molar-refractivity contribution in [2.45, 2.75) is 6.54 Å². The van der Waals surface area contributed by atoms with Crippen LogP contribution in [0.1, 0.15) is 5.56 Å². The van der Waals surface area contributed by atoms with Gasteiger partial charge in [0.25, 0.3) is 0 Å². The van der Waals surface area contributed by atoms with Crippen molar-refractivity contribution in [1.29, 1.82) is 0 Å². The van der Waals surface area contributed by atoms with Crippen molar-refractivity contribution < 1.29 is 9.13 Å². The first-order valence-electron chi connectivity index (χ1n) is 6.71. The van der Waals surface area contributed by atoms with E-state index in [4.69, 9.17) is 22.1 Å². The van der Waals surface area contributed by atoms with Gasteiger partial charge >= 0.3 is 0 Å². The van der Waals surface area contributed by atoms with E-state index in [9.17, 15) is 4.39 Å². The van der Waals surface area contributed by atoms with Crippen LogP contribution in [0.5, 0.6) is 0 Å². The van der Waals surface area contributed by atoms with Crippen LogP contribution < -0.4 is 16.5 Å². The second-order valence-corrected chi connectivity index (χ2v) is 4.94. The average Bonchev–Trinajstić information content (AvgIpc) is 2.54. The van der Waals surface area contributed by atoms with E-state index in [2.05, 4.69) is 29.0 Å². The van der Waals surface area contributed by atoms with Gasteiger partial charge in [-0.15, -0.1) is 0 Å². The van der Waals surface area contributed by atoms with E-state index >= 15 is 0 Å². The number of nitrogens with one attached hydrogen (secondary N) is 2. The lowest BCUT2D eigenvalue weighted by atomic mass is 10.2. The highest BCUT2D eigenvalue weighted by Crippen LogP contribution is 2.16. The van der Waals surface area contributed by atoms with Gasteiger partial charge in [-0.1, -0.05) is 30.8 Å². The molecule has 0 fully saturated rings. The Morgan fingerprint density at radius 3 is 2.74 bits per heavy atom. The summed E-state index contributed by atoms with van der Waals surface area (Å²) in [5.74, 6) is -0.0972. The van der Waals surface area contributed by atoms with Gasteiger partial charge in [-0.25, -0.2) is 4.39 Å². The van der Waals surface area contributed by atoms with Gasteiger partial charge in [0.1, 0.15) is 17.3 Å². The standard InChI is InChI=1S/C16H20ClFN4O/c1-10(15(19)8-16(22-20-3)11(2)23-4)21-9-12-5-6-14(18)13(17)7-12/h5-8,20-21H,1-2,9,19H2,3-4H3. The van der Waals surface area contributed by atoms with E-state index in [1.807, 2.05) is 0 Å². The van der Waals surface area contributed by atoms with Crippen LogP contribution in [0, 0.1) is 5.82 Å². The number of hydrogen-bond acceptors (Lipinski definition) is 5. The number of ether oxygens (including phenoxy) is 1. The Labute approximate surface area is 140 Å². The lowest BCUT2D eigenvalue weighted by Gasteiger charge is -2.11. The van der Waals surface area contributed by atoms with Crippen LogP contribution in [0.15, 0.2) is 59.7 Å². The molecule has 0 spiro atoms. The molecule has 0 unspecified atom stereocenters. The molecule has 1 aromatic rings. The first kappa shape index (κ1) is 18.6. The summed E-state index contributed by atoms with van der Waals surface area (Å²) in [5, 5.41) is 7.12. The molecule has 0 aliphatic heterocycles. The number of hydrogen-bond donors (Lipinski definition) is 3. The van der Waals surface area contributed by atoms with Crippen molar-refractivity contribution in [3.63, 3.8) is 0 Å². The van der Waals surface area contributed by atoms with Crippen LogP contribution in [0.4, 0.5) is 4.39 Å². The Bertz CT molecular complexity index is 655. The Balaban J connectivity index is 2.75. The summed E-state index contributed by atoms with van der Waals surface area (Å²) in [6.45, 7) is 7.97. The molecule has 0 amide bonds. The maximum absolute atomic E-state index is 13.1. The number of hydrazone groups is 1. The zero-order chi connectivity index (χ0) is 17.4. The summed E-state index contributed by atoms with van der Waals surface area (Å²) < 4.78 is 18.1. The van der Waals surface area contributed by atoms with E-state index in [1.54, 1.807) is 19.2 Å². The molecule has 1 aromatic carbocycles. The van der Waals surface area contributed by atoms with E-state index in [1.165, 1.54) is 19.2 Å². The van der Waals surface area contributed by atoms with Crippen molar-refractivity contribution in [1.82, 2.24) is 10.7 Å². The monoisotopic (exact) mass is 338 g/mol. The van der Waals surface area contributed by atoms with Gasteiger partial charge in [0.15, 0.2) is 0 Å².